The van der Waals surface area contributed by atoms with Crippen LogP contribution in [0.15, 0.2) is 12.2 Å². The number of hydrogen-bond donors (Lipinski definition) is 1. The SMILES string of the molecule is C=C(C)[C@@H]1CC[C@](C)(OC)[C@@H](S)C1. The molecule has 0 amide bonds. The highest BCUT2D eigenvalue weighted by molar-refractivity contribution is 7.81. The van der Waals surface area contributed by atoms with Gasteiger partial charge in [-0.25, -0.2) is 0 Å². The Morgan fingerprint density at radius 2 is 2.23 bits per heavy atom. The lowest BCUT2D eigenvalue weighted by Crippen LogP contribution is -2.43. The van der Waals surface area contributed by atoms with Gasteiger partial charge >= 0.3 is 0 Å². The van der Waals surface area contributed by atoms with Gasteiger partial charge in [0.15, 0.2) is 0 Å². The van der Waals surface area contributed by atoms with Crippen LogP contribution < -0.4 is 0 Å². The molecule has 1 rings (SSSR count). The molecule has 1 fully saturated rings. The molecule has 0 bridgehead atoms. The fraction of sp³-hybridized carbons (Fsp3) is 0.818. The number of rotatable bonds is 2. The Bertz CT molecular complexity index is 202. The number of methoxy groups -OCH3 is 1. The molecule has 0 aromatic rings. The topological polar surface area (TPSA) is 9.23 Å². The summed E-state index contributed by atoms with van der Waals surface area (Å²) in [4.78, 5) is 0. The molecule has 1 nitrogen and oxygen atoms in total. The van der Waals surface area contributed by atoms with Crippen molar-refractivity contribution >= 4 is 12.6 Å². The molecule has 13 heavy (non-hydrogen) atoms. The molecule has 3 atom stereocenters. The summed E-state index contributed by atoms with van der Waals surface area (Å²) < 4.78 is 5.51. The maximum Gasteiger partial charge on any atom is 0.0766 e. The van der Waals surface area contributed by atoms with Gasteiger partial charge in [-0.2, -0.15) is 12.6 Å². The van der Waals surface area contributed by atoms with Crippen LogP contribution in [-0.2, 0) is 4.74 Å². The van der Waals surface area contributed by atoms with Crippen molar-refractivity contribution in [3.05, 3.63) is 12.2 Å². The average Bonchev–Trinajstić information content (AvgIpc) is 2.09. The van der Waals surface area contributed by atoms with E-state index in [-0.39, 0.29) is 5.60 Å². The van der Waals surface area contributed by atoms with E-state index in [0.29, 0.717) is 11.2 Å². The molecule has 0 aliphatic heterocycles. The second kappa shape index (κ2) is 4.05. The van der Waals surface area contributed by atoms with Gasteiger partial charge < -0.3 is 4.74 Å². The van der Waals surface area contributed by atoms with E-state index in [4.69, 9.17) is 4.74 Å². The van der Waals surface area contributed by atoms with Crippen molar-refractivity contribution in [1.82, 2.24) is 0 Å². The largest absolute Gasteiger partial charge is 0.377 e. The minimum absolute atomic E-state index is 0.0327. The van der Waals surface area contributed by atoms with Gasteiger partial charge in [-0.05, 0) is 39.0 Å². The summed E-state index contributed by atoms with van der Waals surface area (Å²) in [6.45, 7) is 8.28. The number of allylic oxidation sites excluding steroid dienone is 1. The van der Waals surface area contributed by atoms with Crippen molar-refractivity contribution in [2.75, 3.05) is 7.11 Å². The Kier molecular flexibility index (Phi) is 3.47. The first kappa shape index (κ1) is 11.1. The van der Waals surface area contributed by atoms with E-state index in [1.807, 2.05) is 0 Å². The molecule has 0 radical (unpaired) electrons. The highest BCUT2D eigenvalue weighted by atomic mass is 32.1. The summed E-state index contributed by atoms with van der Waals surface area (Å²) in [6.07, 6.45) is 3.38. The lowest BCUT2D eigenvalue weighted by atomic mass is 9.77. The predicted octanol–water partition coefficient (Wildman–Crippen LogP) is 3.07. The van der Waals surface area contributed by atoms with E-state index in [1.165, 1.54) is 12.0 Å². The van der Waals surface area contributed by atoms with E-state index >= 15 is 0 Å². The van der Waals surface area contributed by atoms with E-state index in [0.717, 1.165) is 12.8 Å². The number of thiol groups is 1. The van der Waals surface area contributed by atoms with Crippen molar-refractivity contribution < 1.29 is 4.74 Å². The molecule has 0 heterocycles. The maximum atomic E-state index is 5.51. The molecule has 2 heteroatoms. The first-order chi connectivity index (χ1) is 5.99. The standard InChI is InChI=1S/C11H20OS/c1-8(2)9-5-6-11(3,12-4)10(13)7-9/h9-10,13H,1,5-7H2,2-4H3/t9-,10+,11+/m1/s1. The zero-order valence-electron chi connectivity index (χ0n) is 8.84. The van der Waals surface area contributed by atoms with Gasteiger partial charge in [0.05, 0.1) is 5.60 Å². The Balaban J connectivity index is 2.61. The summed E-state index contributed by atoms with van der Waals surface area (Å²) in [7, 11) is 1.78. The van der Waals surface area contributed by atoms with Crippen molar-refractivity contribution in [3.63, 3.8) is 0 Å². The lowest BCUT2D eigenvalue weighted by Gasteiger charge is -2.41. The molecular formula is C11H20OS. The minimum Gasteiger partial charge on any atom is -0.377 e. The zero-order valence-corrected chi connectivity index (χ0v) is 9.73. The third-order valence-corrected chi connectivity index (χ3v) is 4.12. The summed E-state index contributed by atoms with van der Waals surface area (Å²) in [5.41, 5.74) is 1.26. The summed E-state index contributed by atoms with van der Waals surface area (Å²) >= 11 is 4.61. The highest BCUT2D eigenvalue weighted by Gasteiger charge is 2.38. The van der Waals surface area contributed by atoms with Gasteiger partial charge in [0, 0.05) is 12.4 Å². The van der Waals surface area contributed by atoms with E-state index in [1.54, 1.807) is 7.11 Å². The predicted molar refractivity (Wildman–Crippen MR) is 60.3 cm³/mol. The van der Waals surface area contributed by atoms with Crippen LogP contribution >= 0.6 is 12.6 Å². The van der Waals surface area contributed by atoms with Gasteiger partial charge in [-0.15, -0.1) is 0 Å². The average molecular weight is 200 g/mol. The van der Waals surface area contributed by atoms with Crippen molar-refractivity contribution in [3.8, 4) is 0 Å². The Morgan fingerprint density at radius 1 is 1.62 bits per heavy atom. The molecule has 1 aliphatic carbocycles. The van der Waals surface area contributed by atoms with Crippen LogP contribution in [0.3, 0.4) is 0 Å². The van der Waals surface area contributed by atoms with Crippen molar-refractivity contribution in [2.24, 2.45) is 5.92 Å². The first-order valence-electron chi connectivity index (χ1n) is 4.88. The Morgan fingerprint density at radius 3 is 2.62 bits per heavy atom. The summed E-state index contributed by atoms with van der Waals surface area (Å²) in [5, 5.41) is 0.341. The summed E-state index contributed by atoms with van der Waals surface area (Å²) in [6, 6.07) is 0. The van der Waals surface area contributed by atoms with E-state index in [9.17, 15) is 0 Å². The normalized spacial score (nSPS) is 40.3. The van der Waals surface area contributed by atoms with Crippen LogP contribution in [0.25, 0.3) is 0 Å². The van der Waals surface area contributed by atoms with Gasteiger partial charge in [0.1, 0.15) is 0 Å². The summed E-state index contributed by atoms with van der Waals surface area (Å²) in [5.74, 6) is 0.644. The zero-order chi connectivity index (χ0) is 10.1. The van der Waals surface area contributed by atoms with E-state index < -0.39 is 0 Å². The van der Waals surface area contributed by atoms with Crippen molar-refractivity contribution in [2.45, 2.75) is 44.0 Å². The number of hydrogen-bond acceptors (Lipinski definition) is 2. The lowest BCUT2D eigenvalue weighted by molar-refractivity contribution is -0.0241. The second-order valence-electron chi connectivity index (χ2n) is 4.35. The number of ether oxygens (including phenoxy) is 1. The third-order valence-electron chi connectivity index (χ3n) is 3.37. The monoisotopic (exact) mass is 200 g/mol. The van der Waals surface area contributed by atoms with Gasteiger partial charge in [0.2, 0.25) is 0 Å². The molecule has 0 aromatic carbocycles. The fourth-order valence-corrected chi connectivity index (χ4v) is 2.44. The smallest absolute Gasteiger partial charge is 0.0766 e. The molecule has 1 aliphatic rings. The molecule has 0 saturated heterocycles. The van der Waals surface area contributed by atoms with Crippen LogP contribution in [0.1, 0.15) is 33.1 Å². The first-order valence-corrected chi connectivity index (χ1v) is 5.40. The van der Waals surface area contributed by atoms with Crippen LogP contribution in [0.2, 0.25) is 0 Å². The van der Waals surface area contributed by atoms with E-state index in [2.05, 4.69) is 33.1 Å². The molecule has 76 valence electrons. The maximum absolute atomic E-state index is 5.51. The second-order valence-corrected chi connectivity index (χ2v) is 4.97. The molecular weight excluding hydrogens is 180 g/mol. The highest BCUT2D eigenvalue weighted by Crippen LogP contribution is 2.39. The molecule has 1 saturated carbocycles. The van der Waals surface area contributed by atoms with Crippen LogP contribution in [0.4, 0.5) is 0 Å². The Hall–Kier alpha value is 0.0500. The molecule has 0 aromatic heterocycles. The minimum atomic E-state index is -0.0327. The quantitative estimate of drug-likeness (QED) is 0.532. The molecule has 0 N–H and O–H groups in total. The molecule has 0 spiro atoms. The van der Waals surface area contributed by atoms with Crippen LogP contribution in [0.5, 0.6) is 0 Å². The third kappa shape index (κ3) is 2.29. The van der Waals surface area contributed by atoms with Gasteiger partial charge in [-0.1, -0.05) is 12.2 Å². The van der Waals surface area contributed by atoms with Crippen LogP contribution in [-0.4, -0.2) is 18.0 Å². The van der Waals surface area contributed by atoms with Crippen molar-refractivity contribution in [1.29, 1.82) is 0 Å². The van der Waals surface area contributed by atoms with Gasteiger partial charge in [-0.3, -0.25) is 0 Å². The van der Waals surface area contributed by atoms with Crippen LogP contribution in [0, 0.1) is 5.92 Å². The molecule has 0 unspecified atom stereocenters. The Labute approximate surface area is 87.0 Å². The van der Waals surface area contributed by atoms with Gasteiger partial charge in [0.25, 0.3) is 0 Å². The fourth-order valence-electron chi connectivity index (χ4n) is 1.95.